The average Bonchev–Trinajstić information content (AvgIpc) is 3.01. The molecular formula is C16H12F2N2O4S. The molecule has 0 bridgehead atoms. The van der Waals surface area contributed by atoms with E-state index in [0.717, 1.165) is 17.4 Å². The van der Waals surface area contributed by atoms with Crippen LogP contribution in [0.5, 0.6) is 5.75 Å². The number of carbonyl (C=O) groups excluding carboxylic acids is 2. The normalized spacial score (nSPS) is 11.5. The zero-order valence-corrected chi connectivity index (χ0v) is 13.7. The average molecular weight is 366 g/mol. The van der Waals surface area contributed by atoms with Gasteiger partial charge in [-0.1, -0.05) is 6.07 Å². The molecule has 9 heteroatoms. The standard InChI is InChI=1S/C16H12F2N2O4S/c1-9(13(21)20-14-11(8-19)5-6-25-14)23-15(22)10-3-2-4-12(7-10)24-16(17)18/h2-7,9,16H,1H3,(H,20,21)/t9-/m1/s1. The van der Waals surface area contributed by atoms with Crippen LogP contribution in [0.15, 0.2) is 35.7 Å². The van der Waals surface area contributed by atoms with E-state index in [9.17, 15) is 18.4 Å². The van der Waals surface area contributed by atoms with Crippen molar-refractivity contribution in [3.8, 4) is 11.8 Å². The zero-order valence-electron chi connectivity index (χ0n) is 12.9. The highest BCUT2D eigenvalue weighted by atomic mass is 32.1. The minimum atomic E-state index is -3.02. The molecule has 25 heavy (non-hydrogen) atoms. The van der Waals surface area contributed by atoms with Gasteiger partial charge in [-0.05, 0) is 36.6 Å². The van der Waals surface area contributed by atoms with Crippen molar-refractivity contribution < 1.29 is 27.8 Å². The van der Waals surface area contributed by atoms with Crippen LogP contribution in [-0.4, -0.2) is 24.6 Å². The van der Waals surface area contributed by atoms with Crippen molar-refractivity contribution in [3.63, 3.8) is 0 Å². The van der Waals surface area contributed by atoms with Crippen LogP contribution >= 0.6 is 11.3 Å². The number of nitriles is 1. The van der Waals surface area contributed by atoms with Gasteiger partial charge in [-0.3, -0.25) is 4.79 Å². The molecule has 0 aliphatic carbocycles. The Balaban J connectivity index is 2.00. The summed E-state index contributed by atoms with van der Waals surface area (Å²) in [4.78, 5) is 24.1. The third-order valence-electron chi connectivity index (χ3n) is 2.97. The number of rotatable bonds is 6. The van der Waals surface area contributed by atoms with Gasteiger partial charge in [0.15, 0.2) is 6.10 Å². The number of benzene rings is 1. The van der Waals surface area contributed by atoms with E-state index in [1.165, 1.54) is 25.1 Å². The molecule has 0 fully saturated rings. The van der Waals surface area contributed by atoms with Gasteiger partial charge in [0.1, 0.15) is 16.8 Å². The maximum atomic E-state index is 12.2. The van der Waals surface area contributed by atoms with Crippen molar-refractivity contribution in [1.82, 2.24) is 0 Å². The third-order valence-corrected chi connectivity index (χ3v) is 3.80. The number of nitrogens with one attached hydrogen (secondary N) is 1. The summed E-state index contributed by atoms with van der Waals surface area (Å²) in [6.45, 7) is -1.66. The van der Waals surface area contributed by atoms with E-state index in [-0.39, 0.29) is 11.3 Å². The smallest absolute Gasteiger partial charge is 0.387 e. The first-order valence-corrected chi connectivity index (χ1v) is 7.83. The summed E-state index contributed by atoms with van der Waals surface area (Å²) in [5, 5.41) is 13.4. The van der Waals surface area contributed by atoms with E-state index in [1.807, 2.05) is 6.07 Å². The molecule has 1 atom stereocenters. The third kappa shape index (κ3) is 4.99. The summed E-state index contributed by atoms with van der Waals surface area (Å²) >= 11 is 1.16. The first-order chi connectivity index (χ1) is 11.9. The Labute approximate surface area is 145 Å². The fourth-order valence-corrected chi connectivity index (χ4v) is 2.53. The lowest BCUT2D eigenvalue weighted by atomic mass is 10.2. The number of alkyl halides is 2. The number of ether oxygens (including phenoxy) is 2. The van der Waals surface area contributed by atoms with Gasteiger partial charge >= 0.3 is 12.6 Å². The van der Waals surface area contributed by atoms with E-state index < -0.39 is 24.6 Å². The van der Waals surface area contributed by atoms with Gasteiger partial charge in [-0.15, -0.1) is 11.3 Å². The summed E-state index contributed by atoms with van der Waals surface area (Å²) in [5.41, 5.74) is 0.264. The van der Waals surface area contributed by atoms with Crippen LogP contribution in [0.3, 0.4) is 0 Å². The van der Waals surface area contributed by atoms with Crippen molar-refractivity contribution in [2.24, 2.45) is 0 Å². The number of hydrogen-bond acceptors (Lipinski definition) is 6. The van der Waals surface area contributed by atoms with Crippen LogP contribution in [0, 0.1) is 11.3 Å². The lowest BCUT2D eigenvalue weighted by molar-refractivity contribution is -0.123. The molecule has 2 rings (SSSR count). The number of esters is 1. The lowest BCUT2D eigenvalue weighted by Gasteiger charge is -2.13. The second-order valence-corrected chi connectivity index (χ2v) is 5.63. The summed E-state index contributed by atoms with van der Waals surface area (Å²) in [7, 11) is 0. The minimum Gasteiger partial charge on any atom is -0.449 e. The van der Waals surface area contributed by atoms with Crippen molar-refractivity contribution in [3.05, 3.63) is 46.8 Å². The molecule has 2 aromatic rings. The van der Waals surface area contributed by atoms with Crippen molar-refractivity contribution in [1.29, 1.82) is 5.26 Å². The highest BCUT2D eigenvalue weighted by molar-refractivity contribution is 7.14. The lowest BCUT2D eigenvalue weighted by Crippen LogP contribution is -2.29. The topological polar surface area (TPSA) is 88.4 Å². The number of thiophene rings is 1. The predicted octanol–water partition coefficient (Wildman–Crippen LogP) is 3.41. The number of carbonyl (C=O) groups is 2. The summed E-state index contributed by atoms with van der Waals surface area (Å²) in [5.74, 6) is -1.68. The molecule has 1 amide bonds. The van der Waals surface area contributed by atoms with E-state index in [2.05, 4.69) is 10.1 Å². The minimum absolute atomic E-state index is 0.0355. The van der Waals surface area contributed by atoms with Crippen LogP contribution in [-0.2, 0) is 9.53 Å². The van der Waals surface area contributed by atoms with Crippen molar-refractivity contribution in [2.45, 2.75) is 19.6 Å². The summed E-state index contributed by atoms with van der Waals surface area (Å²) in [6.07, 6.45) is -1.15. The fraction of sp³-hybridized carbons (Fsp3) is 0.188. The number of nitrogens with zero attached hydrogens (tertiary/aromatic N) is 1. The molecule has 1 heterocycles. The molecular weight excluding hydrogens is 354 g/mol. The van der Waals surface area contributed by atoms with Gasteiger partial charge in [0, 0.05) is 0 Å². The molecule has 0 aliphatic rings. The van der Waals surface area contributed by atoms with Gasteiger partial charge in [0.25, 0.3) is 5.91 Å². The molecule has 0 spiro atoms. The molecule has 0 saturated carbocycles. The Morgan fingerprint density at radius 3 is 2.76 bits per heavy atom. The monoisotopic (exact) mass is 366 g/mol. The van der Waals surface area contributed by atoms with Gasteiger partial charge in [-0.2, -0.15) is 14.0 Å². The second kappa shape index (κ2) is 8.21. The maximum Gasteiger partial charge on any atom is 0.387 e. The Morgan fingerprint density at radius 2 is 2.08 bits per heavy atom. The molecule has 1 aromatic carbocycles. The molecule has 6 nitrogen and oxygen atoms in total. The van der Waals surface area contributed by atoms with E-state index in [0.29, 0.717) is 10.6 Å². The highest BCUT2D eigenvalue weighted by Crippen LogP contribution is 2.22. The van der Waals surface area contributed by atoms with Crippen LogP contribution in [0.25, 0.3) is 0 Å². The molecule has 130 valence electrons. The van der Waals surface area contributed by atoms with Gasteiger partial charge in [-0.25, -0.2) is 4.79 Å². The maximum absolute atomic E-state index is 12.2. The number of anilines is 1. The van der Waals surface area contributed by atoms with Crippen molar-refractivity contribution in [2.75, 3.05) is 5.32 Å². The number of halogens is 2. The molecule has 1 N–H and O–H groups in total. The Morgan fingerprint density at radius 1 is 1.32 bits per heavy atom. The Bertz CT molecular complexity index is 816. The highest BCUT2D eigenvalue weighted by Gasteiger charge is 2.21. The van der Waals surface area contributed by atoms with E-state index in [1.54, 1.807) is 11.4 Å². The number of amides is 1. The van der Waals surface area contributed by atoms with E-state index in [4.69, 9.17) is 10.00 Å². The van der Waals surface area contributed by atoms with Crippen molar-refractivity contribution >= 4 is 28.2 Å². The largest absolute Gasteiger partial charge is 0.449 e. The molecule has 0 unspecified atom stereocenters. The molecule has 0 radical (unpaired) electrons. The first kappa shape index (κ1) is 18.4. The molecule has 0 aliphatic heterocycles. The molecule has 0 saturated heterocycles. The summed E-state index contributed by atoms with van der Waals surface area (Å²) < 4.78 is 33.6. The van der Waals surface area contributed by atoms with Gasteiger partial charge in [0.05, 0.1) is 11.1 Å². The SMILES string of the molecule is C[C@@H](OC(=O)c1cccc(OC(F)F)c1)C(=O)Nc1sccc1C#N. The zero-order chi connectivity index (χ0) is 18.4. The van der Waals surface area contributed by atoms with Crippen LogP contribution in [0.2, 0.25) is 0 Å². The quantitative estimate of drug-likeness (QED) is 0.792. The second-order valence-electron chi connectivity index (χ2n) is 4.72. The van der Waals surface area contributed by atoms with Crippen LogP contribution in [0.4, 0.5) is 13.8 Å². The van der Waals surface area contributed by atoms with Crippen LogP contribution in [0.1, 0.15) is 22.8 Å². The Kier molecular flexibility index (Phi) is 6.03. The summed E-state index contributed by atoms with van der Waals surface area (Å²) in [6, 6.07) is 8.52. The Hall–Kier alpha value is -2.99. The van der Waals surface area contributed by atoms with Gasteiger partial charge in [0.2, 0.25) is 0 Å². The van der Waals surface area contributed by atoms with Gasteiger partial charge < -0.3 is 14.8 Å². The molecule has 1 aromatic heterocycles. The number of hydrogen-bond donors (Lipinski definition) is 1. The van der Waals surface area contributed by atoms with E-state index >= 15 is 0 Å². The first-order valence-electron chi connectivity index (χ1n) is 6.95. The predicted molar refractivity (Wildman–Crippen MR) is 85.6 cm³/mol. The fourth-order valence-electron chi connectivity index (χ4n) is 1.79. The van der Waals surface area contributed by atoms with Crippen LogP contribution < -0.4 is 10.1 Å².